The maximum Gasteiger partial charge on any atom is 0.387 e. The number of hydrogen-bond donors (Lipinski definition) is 1. The molecule has 6 heteroatoms. The lowest BCUT2D eigenvalue weighted by Crippen LogP contribution is -2.12. The number of carbonyl (C=O) groups is 1. The summed E-state index contributed by atoms with van der Waals surface area (Å²) in [5, 5.41) is 3.09. The van der Waals surface area contributed by atoms with Crippen molar-refractivity contribution in [2.45, 2.75) is 13.5 Å². The Morgan fingerprint density at radius 3 is 2.43 bits per heavy atom. The highest BCUT2D eigenvalue weighted by molar-refractivity contribution is 6.34. The molecule has 0 heterocycles. The molecule has 1 amide bonds. The van der Waals surface area contributed by atoms with Gasteiger partial charge in [0.15, 0.2) is 0 Å². The fourth-order valence-corrected chi connectivity index (χ4v) is 1.99. The zero-order valence-electron chi connectivity index (χ0n) is 11.1. The molecule has 0 unspecified atom stereocenters. The number of ether oxygens (including phenoxy) is 1. The third-order valence-corrected chi connectivity index (χ3v) is 3.03. The van der Waals surface area contributed by atoms with Gasteiger partial charge in [0.2, 0.25) is 0 Å². The topological polar surface area (TPSA) is 38.3 Å². The molecule has 110 valence electrons. The average Bonchev–Trinajstić information content (AvgIpc) is 2.42. The van der Waals surface area contributed by atoms with Gasteiger partial charge >= 0.3 is 6.61 Å². The predicted molar refractivity (Wildman–Crippen MR) is 77.2 cm³/mol. The van der Waals surface area contributed by atoms with E-state index in [0.29, 0.717) is 16.3 Å². The molecule has 0 aliphatic carbocycles. The summed E-state index contributed by atoms with van der Waals surface area (Å²) in [7, 11) is 0. The van der Waals surface area contributed by atoms with E-state index in [1.165, 1.54) is 24.3 Å². The number of rotatable bonds is 4. The maximum absolute atomic E-state index is 12.0. The predicted octanol–water partition coefficient (Wildman–Crippen LogP) is 4.50. The summed E-state index contributed by atoms with van der Waals surface area (Å²) in [6, 6.07) is 10.7. The van der Waals surface area contributed by atoms with E-state index in [0.717, 1.165) is 5.56 Å². The summed E-state index contributed by atoms with van der Waals surface area (Å²) < 4.78 is 28.3. The molecule has 21 heavy (non-hydrogen) atoms. The Morgan fingerprint density at radius 2 is 1.86 bits per heavy atom. The molecular weight excluding hydrogens is 300 g/mol. The second-order valence-electron chi connectivity index (χ2n) is 4.34. The van der Waals surface area contributed by atoms with Crippen LogP contribution in [0.15, 0.2) is 42.5 Å². The second kappa shape index (κ2) is 6.54. The maximum atomic E-state index is 12.0. The minimum atomic E-state index is -2.89. The van der Waals surface area contributed by atoms with Gasteiger partial charge in [-0.15, -0.1) is 0 Å². The van der Waals surface area contributed by atoms with E-state index in [2.05, 4.69) is 10.1 Å². The molecule has 2 aromatic rings. The van der Waals surface area contributed by atoms with E-state index in [-0.39, 0.29) is 11.7 Å². The average molecular weight is 312 g/mol. The van der Waals surface area contributed by atoms with E-state index in [1.54, 1.807) is 12.1 Å². The summed E-state index contributed by atoms with van der Waals surface area (Å²) >= 11 is 6.03. The third kappa shape index (κ3) is 4.16. The van der Waals surface area contributed by atoms with Gasteiger partial charge in [-0.05, 0) is 48.9 Å². The van der Waals surface area contributed by atoms with Crippen molar-refractivity contribution in [1.29, 1.82) is 0 Å². The number of carbonyl (C=O) groups excluding carboxylic acids is 1. The summed E-state index contributed by atoms with van der Waals surface area (Å²) in [5.74, 6) is -0.390. The molecule has 2 aromatic carbocycles. The number of hydrogen-bond acceptors (Lipinski definition) is 2. The van der Waals surface area contributed by atoms with Crippen molar-refractivity contribution in [3.05, 3.63) is 58.6 Å². The lowest BCUT2D eigenvalue weighted by molar-refractivity contribution is -0.0498. The van der Waals surface area contributed by atoms with Crippen molar-refractivity contribution in [2.24, 2.45) is 0 Å². The van der Waals surface area contributed by atoms with Crippen LogP contribution < -0.4 is 10.1 Å². The zero-order valence-corrected chi connectivity index (χ0v) is 11.8. The first-order valence-electron chi connectivity index (χ1n) is 6.08. The number of benzene rings is 2. The van der Waals surface area contributed by atoms with Crippen molar-refractivity contribution >= 4 is 23.2 Å². The van der Waals surface area contributed by atoms with Crippen LogP contribution in [0.25, 0.3) is 0 Å². The molecule has 1 N–H and O–H groups in total. The smallest absolute Gasteiger partial charge is 0.387 e. The monoisotopic (exact) mass is 311 g/mol. The standard InChI is InChI=1S/C15H12ClF2NO2/c1-9-2-7-13(12(16)8-9)19-14(20)10-3-5-11(6-4-10)21-15(17)18/h2-8,15H,1H3,(H,19,20). The Labute approximate surface area is 125 Å². The molecule has 0 fully saturated rings. The van der Waals surface area contributed by atoms with Crippen molar-refractivity contribution < 1.29 is 18.3 Å². The number of aryl methyl sites for hydroxylation is 1. The quantitative estimate of drug-likeness (QED) is 0.902. The van der Waals surface area contributed by atoms with E-state index < -0.39 is 6.61 Å². The summed E-state index contributed by atoms with van der Waals surface area (Å²) in [6.45, 7) is -1.00. The van der Waals surface area contributed by atoms with Gasteiger partial charge in [-0.25, -0.2) is 0 Å². The first-order chi connectivity index (χ1) is 9.95. The van der Waals surface area contributed by atoms with Gasteiger partial charge in [0.05, 0.1) is 10.7 Å². The van der Waals surface area contributed by atoms with Crippen LogP contribution in [-0.2, 0) is 0 Å². The molecule has 0 aliphatic rings. The van der Waals surface area contributed by atoms with Crippen LogP contribution in [0, 0.1) is 6.92 Å². The van der Waals surface area contributed by atoms with Crippen LogP contribution in [0.3, 0.4) is 0 Å². The van der Waals surface area contributed by atoms with Gasteiger partial charge in [-0.1, -0.05) is 17.7 Å². The Kier molecular flexibility index (Phi) is 4.75. The molecule has 0 saturated heterocycles. The highest BCUT2D eigenvalue weighted by atomic mass is 35.5. The van der Waals surface area contributed by atoms with E-state index in [9.17, 15) is 13.6 Å². The van der Waals surface area contributed by atoms with Crippen LogP contribution in [0.1, 0.15) is 15.9 Å². The van der Waals surface area contributed by atoms with Crippen molar-refractivity contribution in [1.82, 2.24) is 0 Å². The Bertz CT molecular complexity index is 645. The fraction of sp³-hybridized carbons (Fsp3) is 0.133. The molecule has 2 rings (SSSR count). The molecule has 0 spiro atoms. The number of alkyl halides is 2. The van der Waals surface area contributed by atoms with E-state index in [4.69, 9.17) is 11.6 Å². The van der Waals surface area contributed by atoms with Gasteiger partial charge in [-0.2, -0.15) is 8.78 Å². The summed E-state index contributed by atoms with van der Waals surface area (Å²) in [6.07, 6.45) is 0. The minimum Gasteiger partial charge on any atom is -0.435 e. The molecule has 3 nitrogen and oxygen atoms in total. The highest BCUT2D eigenvalue weighted by Gasteiger charge is 2.10. The van der Waals surface area contributed by atoms with Crippen molar-refractivity contribution in [3.8, 4) is 5.75 Å². The zero-order chi connectivity index (χ0) is 15.4. The van der Waals surface area contributed by atoms with Crippen LogP contribution in [0.2, 0.25) is 5.02 Å². The van der Waals surface area contributed by atoms with Crippen LogP contribution in [0.5, 0.6) is 5.75 Å². The fourth-order valence-electron chi connectivity index (χ4n) is 1.70. The Morgan fingerprint density at radius 1 is 1.19 bits per heavy atom. The number of halogens is 3. The van der Waals surface area contributed by atoms with Gasteiger partial charge in [-0.3, -0.25) is 4.79 Å². The molecule has 0 aliphatic heterocycles. The van der Waals surface area contributed by atoms with Crippen molar-refractivity contribution in [3.63, 3.8) is 0 Å². The lowest BCUT2D eigenvalue weighted by atomic mass is 10.2. The van der Waals surface area contributed by atoms with Crippen LogP contribution >= 0.6 is 11.6 Å². The molecule has 0 bridgehead atoms. The highest BCUT2D eigenvalue weighted by Crippen LogP contribution is 2.23. The van der Waals surface area contributed by atoms with Crippen molar-refractivity contribution in [2.75, 3.05) is 5.32 Å². The SMILES string of the molecule is Cc1ccc(NC(=O)c2ccc(OC(F)F)cc2)c(Cl)c1. The number of amides is 1. The Balaban J connectivity index is 2.09. The van der Waals surface area contributed by atoms with Gasteiger partial charge < -0.3 is 10.1 Å². The number of nitrogens with one attached hydrogen (secondary N) is 1. The molecule has 0 aromatic heterocycles. The minimum absolute atomic E-state index is 0.00471. The second-order valence-corrected chi connectivity index (χ2v) is 4.75. The van der Waals surface area contributed by atoms with E-state index in [1.807, 2.05) is 13.0 Å². The normalized spacial score (nSPS) is 10.5. The first kappa shape index (κ1) is 15.3. The Hall–Kier alpha value is -2.14. The largest absolute Gasteiger partial charge is 0.435 e. The lowest BCUT2D eigenvalue weighted by Gasteiger charge is -2.09. The first-order valence-corrected chi connectivity index (χ1v) is 6.46. The van der Waals surface area contributed by atoms with Gasteiger partial charge in [0.1, 0.15) is 5.75 Å². The van der Waals surface area contributed by atoms with Crippen LogP contribution in [0.4, 0.5) is 14.5 Å². The molecule has 0 radical (unpaired) electrons. The number of anilines is 1. The summed E-state index contributed by atoms with van der Waals surface area (Å²) in [5.41, 5.74) is 1.78. The van der Waals surface area contributed by atoms with E-state index >= 15 is 0 Å². The molecule has 0 saturated carbocycles. The molecule has 0 atom stereocenters. The van der Waals surface area contributed by atoms with Crippen LogP contribution in [-0.4, -0.2) is 12.5 Å². The van der Waals surface area contributed by atoms with Gasteiger partial charge in [0.25, 0.3) is 5.91 Å². The third-order valence-electron chi connectivity index (χ3n) is 2.71. The van der Waals surface area contributed by atoms with Gasteiger partial charge in [0, 0.05) is 5.56 Å². The molecular formula is C15H12ClF2NO2. The summed E-state index contributed by atoms with van der Waals surface area (Å²) in [4.78, 5) is 12.0.